The van der Waals surface area contributed by atoms with Gasteiger partial charge in [-0.15, -0.1) is 12.4 Å². The van der Waals surface area contributed by atoms with E-state index in [1.807, 2.05) is 6.07 Å². The molecule has 0 amide bonds. The molecule has 0 aliphatic carbocycles. The summed E-state index contributed by atoms with van der Waals surface area (Å²) < 4.78 is 17.1. The predicted molar refractivity (Wildman–Crippen MR) is 120 cm³/mol. The fourth-order valence-electron chi connectivity index (χ4n) is 3.83. The van der Waals surface area contributed by atoms with E-state index >= 15 is 0 Å². The average Bonchev–Trinajstić information content (AvgIpc) is 2.75. The van der Waals surface area contributed by atoms with Gasteiger partial charge in [-0.05, 0) is 43.3 Å². The van der Waals surface area contributed by atoms with Crippen LogP contribution in [0.25, 0.3) is 0 Å². The van der Waals surface area contributed by atoms with Crippen molar-refractivity contribution in [2.45, 2.75) is 25.0 Å². The third-order valence-corrected chi connectivity index (χ3v) is 5.36. The van der Waals surface area contributed by atoms with Crippen molar-refractivity contribution < 1.29 is 14.2 Å². The van der Waals surface area contributed by atoms with Crippen molar-refractivity contribution >= 4 is 12.4 Å². The average molecular weight is 421 g/mol. The monoisotopic (exact) mass is 420 g/mol. The summed E-state index contributed by atoms with van der Waals surface area (Å²) in [5.74, 6) is 1.83. The van der Waals surface area contributed by atoms with Crippen molar-refractivity contribution in [3.05, 3.63) is 59.7 Å². The van der Waals surface area contributed by atoms with Gasteiger partial charge in [0.25, 0.3) is 0 Å². The van der Waals surface area contributed by atoms with Crippen LogP contribution in [0, 0.1) is 0 Å². The highest BCUT2D eigenvalue weighted by Crippen LogP contribution is 2.34. The number of hydrogen-bond acceptors (Lipinski definition) is 5. The Balaban J connectivity index is 0.00000300. The minimum atomic E-state index is 0. The molecule has 160 valence electrons. The van der Waals surface area contributed by atoms with E-state index in [4.69, 9.17) is 14.2 Å². The van der Waals surface area contributed by atoms with Crippen molar-refractivity contribution in [3.8, 4) is 11.5 Å². The molecule has 2 atom stereocenters. The molecule has 0 spiro atoms. The molecule has 2 aromatic carbocycles. The zero-order chi connectivity index (χ0) is 19.8. The van der Waals surface area contributed by atoms with E-state index in [2.05, 4.69) is 59.7 Å². The van der Waals surface area contributed by atoms with Crippen LogP contribution in [0.5, 0.6) is 11.5 Å². The van der Waals surface area contributed by atoms with Gasteiger partial charge in [0, 0.05) is 25.6 Å². The van der Waals surface area contributed by atoms with Crippen LogP contribution in [0.1, 0.15) is 23.5 Å². The quantitative estimate of drug-likeness (QED) is 0.669. The summed E-state index contributed by atoms with van der Waals surface area (Å²) in [6.45, 7) is 4.50. The molecule has 3 rings (SSSR count). The lowest BCUT2D eigenvalue weighted by molar-refractivity contribution is 0.00760. The van der Waals surface area contributed by atoms with E-state index in [1.54, 1.807) is 14.2 Å². The maximum absolute atomic E-state index is 6.12. The van der Waals surface area contributed by atoms with Gasteiger partial charge in [0.2, 0.25) is 0 Å². The molecule has 5 nitrogen and oxygen atoms in total. The van der Waals surface area contributed by atoms with Crippen LogP contribution in [0.4, 0.5) is 0 Å². The molecule has 0 saturated carbocycles. The minimum Gasteiger partial charge on any atom is -0.493 e. The maximum Gasteiger partial charge on any atom is 0.160 e. The van der Waals surface area contributed by atoms with Crippen LogP contribution >= 0.6 is 12.4 Å². The molecule has 0 bridgehead atoms. The van der Waals surface area contributed by atoms with Gasteiger partial charge >= 0.3 is 0 Å². The second kappa shape index (κ2) is 12.0. The van der Waals surface area contributed by atoms with Crippen LogP contribution in [0.15, 0.2) is 48.5 Å². The Labute approximate surface area is 180 Å². The van der Waals surface area contributed by atoms with Gasteiger partial charge in [-0.1, -0.05) is 36.4 Å². The Kier molecular flexibility index (Phi) is 9.74. The number of halogens is 1. The van der Waals surface area contributed by atoms with Gasteiger partial charge in [0.1, 0.15) is 0 Å². The summed E-state index contributed by atoms with van der Waals surface area (Å²) in [5.41, 5.74) is 2.57. The molecule has 29 heavy (non-hydrogen) atoms. The molecule has 1 N–H and O–H groups in total. The highest BCUT2D eigenvalue weighted by atomic mass is 35.5. The van der Waals surface area contributed by atoms with Gasteiger partial charge < -0.3 is 24.4 Å². The summed E-state index contributed by atoms with van der Waals surface area (Å²) in [4.78, 5) is 2.37. The van der Waals surface area contributed by atoms with E-state index in [9.17, 15) is 0 Å². The third-order valence-electron chi connectivity index (χ3n) is 5.36. The lowest BCUT2D eigenvalue weighted by Crippen LogP contribution is -2.42. The highest BCUT2D eigenvalue weighted by molar-refractivity contribution is 5.85. The predicted octanol–water partition coefficient (Wildman–Crippen LogP) is 3.72. The molecule has 2 aromatic rings. The first-order chi connectivity index (χ1) is 13.7. The van der Waals surface area contributed by atoms with Crippen LogP contribution in [0.3, 0.4) is 0 Å². The number of ether oxygens (including phenoxy) is 3. The smallest absolute Gasteiger partial charge is 0.160 e. The first-order valence-electron chi connectivity index (χ1n) is 9.98. The molecule has 1 heterocycles. The largest absolute Gasteiger partial charge is 0.493 e. The second-order valence-corrected chi connectivity index (χ2v) is 7.35. The Morgan fingerprint density at radius 2 is 1.86 bits per heavy atom. The minimum absolute atomic E-state index is 0. The normalized spacial score (nSPS) is 17.4. The third kappa shape index (κ3) is 6.61. The topological polar surface area (TPSA) is 43.0 Å². The molecule has 6 heteroatoms. The molecular formula is C23H33ClN2O3. The zero-order valence-corrected chi connectivity index (χ0v) is 18.4. The Morgan fingerprint density at radius 1 is 1.10 bits per heavy atom. The lowest BCUT2D eigenvalue weighted by atomic mass is 9.89. The fraction of sp³-hybridized carbons (Fsp3) is 0.478. The number of hydrogen-bond donors (Lipinski definition) is 1. The standard InChI is InChI=1S/C23H32N2O3.ClH/c1-25(17-18-7-5-4-6-8-18)13-11-20(23-16-24-12-14-28-23)19-9-10-21(26-2)22(15-19)27-3;/h4-10,15,20,23-24H,11-14,16-17H2,1-3H3;1H. The second-order valence-electron chi connectivity index (χ2n) is 7.35. The summed E-state index contributed by atoms with van der Waals surface area (Å²) in [6, 6.07) is 16.8. The molecule has 0 aromatic heterocycles. The molecular weight excluding hydrogens is 388 g/mol. The molecule has 1 fully saturated rings. The molecule has 1 aliphatic rings. The lowest BCUT2D eigenvalue weighted by Gasteiger charge is -2.32. The van der Waals surface area contributed by atoms with Gasteiger partial charge in [-0.3, -0.25) is 0 Å². The van der Waals surface area contributed by atoms with Gasteiger partial charge in [0.05, 0.1) is 26.9 Å². The highest BCUT2D eigenvalue weighted by Gasteiger charge is 2.27. The number of rotatable bonds is 9. The Hall–Kier alpha value is -1.79. The van der Waals surface area contributed by atoms with Crippen molar-refractivity contribution in [2.24, 2.45) is 0 Å². The van der Waals surface area contributed by atoms with Crippen molar-refractivity contribution in [2.75, 3.05) is 47.5 Å². The van der Waals surface area contributed by atoms with E-state index in [0.29, 0.717) is 5.92 Å². The van der Waals surface area contributed by atoms with Crippen molar-refractivity contribution in [3.63, 3.8) is 0 Å². The summed E-state index contributed by atoms with van der Waals surface area (Å²) in [5, 5.41) is 3.47. The number of methoxy groups -OCH3 is 2. The van der Waals surface area contributed by atoms with E-state index < -0.39 is 0 Å². The maximum atomic E-state index is 6.12. The van der Waals surface area contributed by atoms with Crippen LogP contribution in [-0.4, -0.2) is 58.5 Å². The van der Waals surface area contributed by atoms with Crippen LogP contribution in [0.2, 0.25) is 0 Å². The number of nitrogens with one attached hydrogen (secondary N) is 1. The SMILES string of the molecule is COc1ccc(C(CCN(C)Cc2ccccc2)C2CNCCO2)cc1OC.Cl. The molecule has 1 saturated heterocycles. The van der Waals surface area contributed by atoms with Gasteiger partial charge in [-0.2, -0.15) is 0 Å². The van der Waals surface area contributed by atoms with Gasteiger partial charge in [-0.25, -0.2) is 0 Å². The Morgan fingerprint density at radius 3 is 2.52 bits per heavy atom. The van der Waals surface area contributed by atoms with Crippen LogP contribution in [-0.2, 0) is 11.3 Å². The Bertz CT molecular complexity index is 723. The first kappa shape index (κ1) is 23.5. The van der Waals surface area contributed by atoms with E-state index in [-0.39, 0.29) is 18.5 Å². The number of benzene rings is 2. The van der Waals surface area contributed by atoms with Crippen LogP contribution < -0.4 is 14.8 Å². The molecule has 2 unspecified atom stereocenters. The van der Waals surface area contributed by atoms with Crippen molar-refractivity contribution in [1.82, 2.24) is 10.2 Å². The van der Waals surface area contributed by atoms with E-state index in [0.717, 1.165) is 50.7 Å². The summed E-state index contributed by atoms with van der Waals surface area (Å²) in [6.07, 6.45) is 1.18. The molecule has 1 aliphatic heterocycles. The van der Waals surface area contributed by atoms with E-state index in [1.165, 1.54) is 11.1 Å². The zero-order valence-electron chi connectivity index (χ0n) is 17.6. The summed E-state index contributed by atoms with van der Waals surface area (Å²) >= 11 is 0. The molecule has 0 radical (unpaired) electrons. The summed E-state index contributed by atoms with van der Waals surface area (Å²) in [7, 11) is 5.53. The number of nitrogens with zero attached hydrogens (tertiary/aromatic N) is 1. The van der Waals surface area contributed by atoms with Crippen molar-refractivity contribution in [1.29, 1.82) is 0 Å². The van der Waals surface area contributed by atoms with Gasteiger partial charge in [0.15, 0.2) is 11.5 Å². The number of morpholine rings is 1. The first-order valence-corrected chi connectivity index (χ1v) is 9.98. The fourth-order valence-corrected chi connectivity index (χ4v) is 3.83.